The Kier molecular flexibility index (Phi) is 7.44. The maximum atomic E-state index is 12.4. The van der Waals surface area contributed by atoms with Crippen molar-refractivity contribution in [2.24, 2.45) is 0 Å². The molecule has 1 aliphatic heterocycles. The van der Waals surface area contributed by atoms with E-state index in [9.17, 15) is 22.2 Å². The van der Waals surface area contributed by atoms with E-state index < -0.39 is 33.9 Å². The van der Waals surface area contributed by atoms with Crippen molar-refractivity contribution in [1.82, 2.24) is 4.90 Å². The molecule has 6 nitrogen and oxygen atoms in total. The highest BCUT2D eigenvalue weighted by Gasteiger charge is 2.40. The van der Waals surface area contributed by atoms with Crippen LogP contribution in [0.3, 0.4) is 0 Å². The van der Waals surface area contributed by atoms with Crippen LogP contribution in [0.4, 0.5) is 18.0 Å². The Hall–Kier alpha value is -2.23. The van der Waals surface area contributed by atoms with E-state index in [0.717, 1.165) is 11.8 Å². The number of halogens is 3. The number of aryl methyl sites for hydroxylation is 1. The Balaban J connectivity index is 2.16. The SMILES string of the molecule is Cc1ccccc1OC1(/C=C/OS(=O)C(F)(F)F)CCN(C(=O)OC(C)(C)C)CC1. The van der Waals surface area contributed by atoms with Gasteiger partial charge in [0.25, 0.3) is 0 Å². The number of nitrogens with zero attached hydrogens (tertiary/aromatic N) is 1. The number of hydrogen-bond acceptors (Lipinski definition) is 5. The molecule has 1 unspecified atom stereocenters. The van der Waals surface area contributed by atoms with Crippen molar-refractivity contribution in [2.75, 3.05) is 13.1 Å². The van der Waals surface area contributed by atoms with Crippen molar-refractivity contribution in [3.8, 4) is 5.75 Å². The van der Waals surface area contributed by atoms with Gasteiger partial charge in [-0.3, -0.25) is 0 Å². The van der Waals surface area contributed by atoms with E-state index in [4.69, 9.17) is 9.47 Å². The van der Waals surface area contributed by atoms with Gasteiger partial charge in [-0.05, 0) is 45.4 Å². The predicted octanol–water partition coefficient (Wildman–Crippen LogP) is 4.86. The minimum Gasteiger partial charge on any atom is -0.483 e. The van der Waals surface area contributed by atoms with E-state index >= 15 is 0 Å². The van der Waals surface area contributed by atoms with Gasteiger partial charge in [0, 0.05) is 25.9 Å². The van der Waals surface area contributed by atoms with Gasteiger partial charge in [0.15, 0.2) is 0 Å². The molecule has 0 saturated carbocycles. The third-order valence-electron chi connectivity index (χ3n) is 4.37. The zero-order valence-electron chi connectivity index (χ0n) is 17.3. The molecular weight excluding hydrogens is 423 g/mol. The molecule has 0 radical (unpaired) electrons. The molecule has 2 rings (SSSR count). The van der Waals surface area contributed by atoms with Crippen LogP contribution in [0.25, 0.3) is 0 Å². The Morgan fingerprint density at radius 3 is 2.30 bits per heavy atom. The van der Waals surface area contributed by atoms with Crippen molar-refractivity contribution in [3.63, 3.8) is 0 Å². The molecule has 168 valence electrons. The molecular formula is C20H26F3NO5S. The lowest BCUT2D eigenvalue weighted by Crippen LogP contribution is -2.50. The monoisotopic (exact) mass is 449 g/mol. The number of para-hydroxylation sites is 1. The molecule has 10 heteroatoms. The lowest BCUT2D eigenvalue weighted by atomic mass is 9.91. The molecule has 0 N–H and O–H groups in total. The summed E-state index contributed by atoms with van der Waals surface area (Å²) in [5, 5.41) is 0. The summed E-state index contributed by atoms with van der Waals surface area (Å²) in [7, 11) is 0. The topological polar surface area (TPSA) is 65.1 Å². The number of benzene rings is 1. The highest BCUT2D eigenvalue weighted by Crippen LogP contribution is 2.33. The van der Waals surface area contributed by atoms with Crippen LogP contribution < -0.4 is 4.74 Å². The lowest BCUT2D eigenvalue weighted by Gasteiger charge is -2.40. The molecule has 1 aliphatic rings. The maximum Gasteiger partial charge on any atom is 0.508 e. The van der Waals surface area contributed by atoms with Gasteiger partial charge in [0.2, 0.25) is 0 Å². The first-order valence-electron chi connectivity index (χ1n) is 9.37. The van der Waals surface area contributed by atoms with Gasteiger partial charge < -0.3 is 18.6 Å². The minimum atomic E-state index is -4.98. The van der Waals surface area contributed by atoms with Crippen LogP contribution in [-0.4, -0.2) is 45.0 Å². The van der Waals surface area contributed by atoms with Crippen molar-refractivity contribution in [3.05, 3.63) is 42.2 Å². The standard InChI is InChI=1S/C20H26F3NO5S/c1-15-7-5-6-8-16(15)28-19(11-14-27-30(26)20(21,22)23)9-12-24(13-10-19)17(25)29-18(2,3)4/h5-8,11,14H,9-10,12-13H2,1-4H3/b14-11+. The van der Waals surface area contributed by atoms with Crippen molar-refractivity contribution < 1.29 is 35.8 Å². The average Bonchev–Trinajstić information content (AvgIpc) is 2.62. The normalized spacial score (nSPS) is 18.2. The zero-order chi connectivity index (χ0) is 22.6. The fourth-order valence-electron chi connectivity index (χ4n) is 2.84. The van der Waals surface area contributed by atoms with Crippen molar-refractivity contribution in [2.45, 2.75) is 57.2 Å². The van der Waals surface area contributed by atoms with Crippen LogP contribution in [0, 0.1) is 6.92 Å². The number of alkyl halides is 3. The number of hydrogen-bond donors (Lipinski definition) is 0. The largest absolute Gasteiger partial charge is 0.508 e. The van der Waals surface area contributed by atoms with Gasteiger partial charge in [0.05, 0.1) is 0 Å². The molecule has 1 saturated heterocycles. The smallest absolute Gasteiger partial charge is 0.483 e. The Bertz CT molecular complexity index is 796. The summed E-state index contributed by atoms with van der Waals surface area (Å²) in [4.78, 5) is 13.8. The van der Waals surface area contributed by atoms with Gasteiger partial charge >= 0.3 is 22.7 Å². The summed E-state index contributed by atoms with van der Waals surface area (Å²) in [5.74, 6) is 0.560. The van der Waals surface area contributed by atoms with E-state index in [1.54, 1.807) is 32.9 Å². The summed E-state index contributed by atoms with van der Waals surface area (Å²) in [6.07, 6.45) is 2.20. The second-order valence-electron chi connectivity index (χ2n) is 7.98. The molecule has 30 heavy (non-hydrogen) atoms. The molecule has 0 bridgehead atoms. The first-order chi connectivity index (χ1) is 13.8. The maximum absolute atomic E-state index is 12.4. The highest BCUT2D eigenvalue weighted by molar-refractivity contribution is 7.81. The zero-order valence-corrected chi connectivity index (χ0v) is 18.1. The van der Waals surface area contributed by atoms with E-state index in [-0.39, 0.29) is 13.1 Å². The molecule has 0 aromatic heterocycles. The number of ether oxygens (including phenoxy) is 2. The number of likely N-dealkylation sites (tertiary alicyclic amines) is 1. The number of amides is 1. The molecule has 1 amide bonds. The summed E-state index contributed by atoms with van der Waals surface area (Å²) >= 11 is -3.46. The van der Waals surface area contributed by atoms with Crippen LogP contribution in [0.5, 0.6) is 5.75 Å². The lowest BCUT2D eigenvalue weighted by molar-refractivity contribution is -0.0452. The first kappa shape index (κ1) is 24.0. The van der Waals surface area contributed by atoms with E-state index in [1.807, 2.05) is 19.1 Å². The molecule has 1 heterocycles. The van der Waals surface area contributed by atoms with E-state index in [0.29, 0.717) is 18.6 Å². The van der Waals surface area contributed by atoms with Crippen LogP contribution in [0.2, 0.25) is 0 Å². The second-order valence-corrected chi connectivity index (χ2v) is 9.10. The molecule has 0 spiro atoms. The average molecular weight is 449 g/mol. The summed E-state index contributed by atoms with van der Waals surface area (Å²) in [6, 6.07) is 7.22. The molecule has 1 fully saturated rings. The van der Waals surface area contributed by atoms with Crippen LogP contribution in [-0.2, 0) is 20.0 Å². The molecule has 1 aromatic rings. The minimum absolute atomic E-state index is 0.271. The molecule has 1 atom stereocenters. The fourth-order valence-corrected chi connectivity index (χ4v) is 3.11. The number of rotatable bonds is 5. The molecule has 1 aromatic carbocycles. The quantitative estimate of drug-likeness (QED) is 0.601. The summed E-state index contributed by atoms with van der Waals surface area (Å²) in [5.41, 5.74) is -5.80. The summed E-state index contributed by atoms with van der Waals surface area (Å²) < 4.78 is 64.2. The van der Waals surface area contributed by atoms with Gasteiger partial charge in [-0.15, -0.1) is 0 Å². The third kappa shape index (κ3) is 6.93. The first-order valence-corrected chi connectivity index (χ1v) is 10.4. The van der Waals surface area contributed by atoms with Gasteiger partial charge in [0.1, 0.15) is 23.2 Å². The Labute approximate surface area is 176 Å². The van der Waals surface area contributed by atoms with E-state index in [1.165, 1.54) is 11.0 Å². The van der Waals surface area contributed by atoms with Gasteiger partial charge in [-0.25, -0.2) is 9.00 Å². The number of carbonyl (C=O) groups is 1. The predicted molar refractivity (Wildman–Crippen MR) is 106 cm³/mol. The van der Waals surface area contributed by atoms with Crippen molar-refractivity contribution >= 4 is 17.2 Å². The van der Waals surface area contributed by atoms with Crippen molar-refractivity contribution in [1.29, 1.82) is 0 Å². The van der Waals surface area contributed by atoms with Gasteiger partial charge in [-0.2, -0.15) is 13.2 Å². The Morgan fingerprint density at radius 1 is 1.17 bits per heavy atom. The van der Waals surface area contributed by atoms with Crippen LogP contribution >= 0.6 is 0 Å². The Morgan fingerprint density at radius 2 is 1.77 bits per heavy atom. The number of piperidine rings is 1. The number of carbonyl (C=O) groups excluding carboxylic acids is 1. The molecule has 0 aliphatic carbocycles. The van der Waals surface area contributed by atoms with Gasteiger partial charge in [-0.1, -0.05) is 18.2 Å². The fraction of sp³-hybridized carbons (Fsp3) is 0.550. The van der Waals surface area contributed by atoms with Crippen LogP contribution in [0.15, 0.2) is 36.6 Å². The highest BCUT2D eigenvalue weighted by atomic mass is 32.2. The summed E-state index contributed by atoms with van der Waals surface area (Å²) in [6.45, 7) is 7.68. The van der Waals surface area contributed by atoms with E-state index in [2.05, 4.69) is 4.18 Å². The second kappa shape index (κ2) is 9.28. The van der Waals surface area contributed by atoms with Crippen LogP contribution in [0.1, 0.15) is 39.2 Å². The third-order valence-corrected chi connectivity index (χ3v) is 5.04.